The average molecular weight is 296 g/mol. The van der Waals surface area contributed by atoms with Crippen LogP contribution in [0.1, 0.15) is 6.42 Å². The Bertz CT molecular complexity index is 356. The van der Waals surface area contributed by atoms with E-state index in [1.165, 1.54) is 0 Å². The van der Waals surface area contributed by atoms with Gasteiger partial charge in [-0.25, -0.2) is 4.79 Å². The molecule has 1 unspecified atom stereocenters. The van der Waals surface area contributed by atoms with Crippen molar-refractivity contribution in [3.05, 3.63) is 0 Å². The van der Waals surface area contributed by atoms with Crippen molar-refractivity contribution in [3.8, 4) is 0 Å². The Balaban J connectivity index is 2.77. The number of aliphatic carboxylic acids is 2. The number of hydrogen-bond donors (Lipinski definition) is 6. The molecule has 0 bridgehead atoms. The molecule has 6 N–H and O–H groups in total. The van der Waals surface area contributed by atoms with E-state index in [9.17, 15) is 24.9 Å². The highest BCUT2D eigenvalue weighted by Crippen LogP contribution is 2.23. The summed E-state index contributed by atoms with van der Waals surface area (Å²) in [6.07, 6.45) is -10.8. The first-order chi connectivity index (χ1) is 9.27. The highest BCUT2D eigenvalue weighted by Gasteiger charge is 2.45. The first-order valence-electron chi connectivity index (χ1n) is 5.68. The summed E-state index contributed by atoms with van der Waals surface area (Å²) in [7, 11) is 0. The van der Waals surface area contributed by atoms with Gasteiger partial charge < -0.3 is 40.1 Å². The molecule has 20 heavy (non-hydrogen) atoms. The van der Waals surface area contributed by atoms with Gasteiger partial charge in [0.05, 0.1) is 13.0 Å². The second-order valence-corrected chi connectivity index (χ2v) is 4.26. The lowest BCUT2D eigenvalue weighted by Crippen LogP contribution is -2.60. The second-order valence-electron chi connectivity index (χ2n) is 4.26. The largest absolute Gasteiger partial charge is 0.481 e. The molecule has 1 aliphatic rings. The molecule has 0 aromatic rings. The summed E-state index contributed by atoms with van der Waals surface area (Å²) < 4.78 is 9.70. The van der Waals surface area contributed by atoms with Crippen molar-refractivity contribution >= 4 is 11.9 Å². The molecular weight excluding hydrogens is 280 g/mol. The Morgan fingerprint density at radius 1 is 1.10 bits per heavy atom. The van der Waals surface area contributed by atoms with Crippen LogP contribution in [0.2, 0.25) is 0 Å². The second kappa shape index (κ2) is 6.92. The topological polar surface area (TPSA) is 174 Å². The van der Waals surface area contributed by atoms with Gasteiger partial charge in [-0.15, -0.1) is 0 Å². The third kappa shape index (κ3) is 3.85. The molecule has 1 fully saturated rings. The van der Waals surface area contributed by atoms with Crippen LogP contribution in [0.25, 0.3) is 0 Å². The lowest BCUT2D eigenvalue weighted by Gasteiger charge is -2.40. The van der Waals surface area contributed by atoms with Gasteiger partial charge in [-0.3, -0.25) is 4.79 Å². The van der Waals surface area contributed by atoms with Gasteiger partial charge in [0, 0.05) is 0 Å². The number of aliphatic hydroxyl groups is 4. The van der Waals surface area contributed by atoms with E-state index in [0.29, 0.717) is 0 Å². The number of carboxylic acids is 2. The van der Waals surface area contributed by atoms with E-state index in [2.05, 4.69) is 0 Å². The molecule has 0 radical (unpaired) electrons. The quantitative estimate of drug-likeness (QED) is 0.292. The highest BCUT2D eigenvalue weighted by molar-refractivity contribution is 5.79. The smallest absolute Gasteiger partial charge is 0.333 e. The molecule has 0 aromatic carbocycles. The summed E-state index contributed by atoms with van der Waals surface area (Å²) in [4.78, 5) is 21.3. The van der Waals surface area contributed by atoms with Crippen LogP contribution in [0.3, 0.4) is 0 Å². The van der Waals surface area contributed by atoms with E-state index < -0.39 is 61.8 Å². The third-order valence-corrected chi connectivity index (χ3v) is 2.78. The highest BCUT2D eigenvalue weighted by atomic mass is 16.7. The Morgan fingerprint density at radius 3 is 2.15 bits per heavy atom. The maximum Gasteiger partial charge on any atom is 0.333 e. The number of aliphatic hydroxyl groups excluding tert-OH is 4. The number of ether oxygens (including phenoxy) is 2. The number of carbonyl (C=O) groups is 2. The third-order valence-electron chi connectivity index (χ3n) is 2.78. The Labute approximate surface area is 112 Å². The molecule has 1 heterocycles. The standard InChI is InChI=1S/C10H16O10/c11-2-4-6(14)7(15)8(16)10(20-4)19-3(9(17)18)1-5(12)13/h3-4,6-8,10-11,14-16H,1-2H2,(H,12,13)(H,17,18)/t3-,4+,6+,7-,8+,10?/m0/s1. The minimum absolute atomic E-state index is 0.707. The molecule has 0 aliphatic carbocycles. The first-order valence-corrected chi connectivity index (χ1v) is 5.68. The Kier molecular flexibility index (Phi) is 5.80. The molecule has 1 saturated heterocycles. The molecule has 6 atom stereocenters. The van der Waals surface area contributed by atoms with E-state index >= 15 is 0 Å². The Hall–Kier alpha value is -1.30. The van der Waals surface area contributed by atoms with Gasteiger partial charge in [-0.1, -0.05) is 0 Å². The van der Waals surface area contributed by atoms with Crippen LogP contribution in [0.4, 0.5) is 0 Å². The molecule has 116 valence electrons. The fourth-order valence-corrected chi connectivity index (χ4v) is 1.69. The van der Waals surface area contributed by atoms with E-state index in [1.54, 1.807) is 0 Å². The van der Waals surface area contributed by atoms with Gasteiger partial charge in [0.25, 0.3) is 0 Å². The summed E-state index contributed by atoms with van der Waals surface area (Å²) in [5.74, 6) is -3.04. The first kappa shape index (κ1) is 16.8. The molecule has 1 aliphatic heterocycles. The predicted octanol–water partition coefficient (Wildman–Crippen LogP) is -3.27. The van der Waals surface area contributed by atoms with Gasteiger partial charge in [-0.05, 0) is 0 Å². The maximum absolute atomic E-state index is 10.8. The molecule has 10 nitrogen and oxygen atoms in total. The van der Waals surface area contributed by atoms with Gasteiger partial charge in [0.1, 0.15) is 24.4 Å². The van der Waals surface area contributed by atoms with Crippen LogP contribution >= 0.6 is 0 Å². The van der Waals surface area contributed by atoms with Gasteiger partial charge >= 0.3 is 11.9 Å². The van der Waals surface area contributed by atoms with Crippen LogP contribution < -0.4 is 0 Å². The zero-order valence-corrected chi connectivity index (χ0v) is 10.2. The lowest BCUT2D eigenvalue weighted by atomic mass is 9.99. The van der Waals surface area contributed by atoms with E-state index in [1.807, 2.05) is 0 Å². The van der Waals surface area contributed by atoms with Gasteiger partial charge in [-0.2, -0.15) is 0 Å². The summed E-state index contributed by atoms with van der Waals surface area (Å²) in [5, 5.41) is 54.8. The molecule has 0 saturated carbocycles. The van der Waals surface area contributed by atoms with Crippen molar-refractivity contribution in [3.63, 3.8) is 0 Å². The number of rotatable bonds is 6. The van der Waals surface area contributed by atoms with Crippen molar-refractivity contribution in [1.82, 2.24) is 0 Å². The Morgan fingerprint density at radius 2 is 1.70 bits per heavy atom. The summed E-state index contributed by atoms with van der Waals surface area (Å²) in [5.41, 5.74) is 0. The molecule has 10 heteroatoms. The monoisotopic (exact) mass is 296 g/mol. The van der Waals surface area contributed by atoms with Crippen LogP contribution in [0, 0.1) is 0 Å². The predicted molar refractivity (Wildman–Crippen MR) is 58.5 cm³/mol. The van der Waals surface area contributed by atoms with Crippen molar-refractivity contribution in [2.45, 2.75) is 43.2 Å². The minimum atomic E-state index is -1.81. The molecule has 1 rings (SSSR count). The normalized spacial score (nSPS) is 35.5. The number of carboxylic acid groups (broad SMARTS) is 2. The summed E-state index contributed by atoms with van der Waals surface area (Å²) in [6.45, 7) is -0.707. The van der Waals surface area contributed by atoms with Crippen LogP contribution in [0.5, 0.6) is 0 Å². The molecule has 0 amide bonds. The fraction of sp³-hybridized carbons (Fsp3) is 0.800. The van der Waals surface area contributed by atoms with Gasteiger partial charge in [0.2, 0.25) is 0 Å². The van der Waals surface area contributed by atoms with Crippen molar-refractivity contribution in [1.29, 1.82) is 0 Å². The zero-order chi connectivity index (χ0) is 15.4. The van der Waals surface area contributed by atoms with Gasteiger partial charge in [0.15, 0.2) is 12.4 Å². The molecule has 0 aromatic heterocycles. The van der Waals surface area contributed by atoms with Crippen LogP contribution in [-0.4, -0.2) is 86.0 Å². The SMILES string of the molecule is O=C(O)C[C@H](OC1O[C@H](CO)[C@@H](O)[C@H](O)[C@H]1O)C(=O)O. The summed E-state index contributed by atoms with van der Waals surface area (Å²) in [6, 6.07) is 0. The van der Waals surface area contributed by atoms with Crippen LogP contribution in [0.15, 0.2) is 0 Å². The number of hydrogen-bond acceptors (Lipinski definition) is 8. The average Bonchev–Trinajstić information content (AvgIpc) is 2.37. The van der Waals surface area contributed by atoms with E-state index in [4.69, 9.17) is 24.8 Å². The van der Waals surface area contributed by atoms with Crippen LogP contribution in [-0.2, 0) is 19.1 Å². The summed E-state index contributed by atoms with van der Waals surface area (Å²) >= 11 is 0. The molecular formula is C10H16O10. The van der Waals surface area contributed by atoms with Crippen molar-refractivity contribution < 1.29 is 49.7 Å². The fourth-order valence-electron chi connectivity index (χ4n) is 1.69. The lowest BCUT2D eigenvalue weighted by molar-refractivity contribution is -0.310. The van der Waals surface area contributed by atoms with E-state index in [0.717, 1.165) is 0 Å². The maximum atomic E-state index is 10.8. The minimum Gasteiger partial charge on any atom is -0.481 e. The van der Waals surface area contributed by atoms with Crippen molar-refractivity contribution in [2.75, 3.05) is 6.61 Å². The zero-order valence-electron chi connectivity index (χ0n) is 10.2. The van der Waals surface area contributed by atoms with E-state index in [-0.39, 0.29) is 0 Å². The van der Waals surface area contributed by atoms with Crippen molar-refractivity contribution in [2.24, 2.45) is 0 Å². The molecule has 0 spiro atoms.